The summed E-state index contributed by atoms with van der Waals surface area (Å²) in [5, 5.41) is 51.5. The number of phenolic OH excluding ortho intramolecular Hbond substituents is 4. The Kier molecular flexibility index (Phi) is 7.57. The van der Waals surface area contributed by atoms with Crippen LogP contribution in [0.25, 0.3) is 22.3 Å². The molecule has 0 aliphatic carbocycles. The molecule has 2 heterocycles. The molecule has 42 heavy (non-hydrogen) atoms. The van der Waals surface area contributed by atoms with Crippen molar-refractivity contribution in [2.75, 3.05) is 7.11 Å². The number of carbonyl (C=O) groups excluding carboxylic acids is 1. The molecule has 11 nitrogen and oxygen atoms in total. The molecule has 3 aromatic carbocycles. The van der Waals surface area contributed by atoms with E-state index in [0.717, 1.165) is 23.9 Å². The van der Waals surface area contributed by atoms with Crippen molar-refractivity contribution >= 4 is 16.9 Å². The first-order valence-corrected chi connectivity index (χ1v) is 12.6. The molecule has 0 radical (unpaired) electrons. The predicted octanol–water partition coefficient (Wildman–Crippen LogP) is 4.66. The highest BCUT2D eigenvalue weighted by Gasteiger charge is 2.30. The Balaban J connectivity index is 1.65. The van der Waals surface area contributed by atoms with Crippen LogP contribution in [-0.4, -0.2) is 43.6 Å². The van der Waals surface area contributed by atoms with Gasteiger partial charge in [0.1, 0.15) is 34.8 Å². The van der Waals surface area contributed by atoms with Crippen molar-refractivity contribution in [3.05, 3.63) is 100.0 Å². The van der Waals surface area contributed by atoms with Gasteiger partial charge in [-0.1, -0.05) is 18.2 Å². The van der Waals surface area contributed by atoms with Gasteiger partial charge < -0.3 is 39.4 Å². The monoisotopic (exact) mass is 571 g/mol. The summed E-state index contributed by atoms with van der Waals surface area (Å²) in [6.45, 7) is 0.222. The zero-order chi connectivity index (χ0) is 30.0. The Hall–Kier alpha value is -5.71. The molecule has 0 bridgehead atoms. The van der Waals surface area contributed by atoms with Crippen LogP contribution < -0.4 is 10.2 Å². The Morgan fingerprint density at radius 3 is 2.33 bits per heavy atom. The highest BCUT2D eigenvalue weighted by Crippen LogP contribution is 2.45. The standard InChI is InChI=1S/C31H25NO10/c1-40-25(37)13-20(16-5-8-19(9-6-16)41-15-18-4-2-3-11-32-18)26-23(35)14-24(36)27-28(38)29(39)30(42-31(26)27)17-7-10-21(33)22(34)12-17/h2-12,14,20,33-36,39H,13,15H2,1H3/t20-/m0/s1. The summed E-state index contributed by atoms with van der Waals surface area (Å²) in [6.07, 6.45) is 1.36. The molecular formula is C31H25NO10. The van der Waals surface area contributed by atoms with E-state index in [1.807, 2.05) is 12.1 Å². The minimum absolute atomic E-state index is 0.0227. The number of fused-ring (bicyclic) bond motifs is 1. The fraction of sp³-hybridized carbons (Fsp3) is 0.129. The maximum atomic E-state index is 13.3. The Labute approximate surface area is 238 Å². The lowest BCUT2D eigenvalue weighted by molar-refractivity contribution is -0.140. The van der Waals surface area contributed by atoms with Crippen LogP contribution in [0.5, 0.6) is 34.5 Å². The van der Waals surface area contributed by atoms with Crippen molar-refractivity contribution in [1.29, 1.82) is 0 Å². The smallest absolute Gasteiger partial charge is 0.306 e. The van der Waals surface area contributed by atoms with Crippen LogP contribution in [0.3, 0.4) is 0 Å². The number of methoxy groups -OCH3 is 1. The van der Waals surface area contributed by atoms with E-state index in [4.69, 9.17) is 13.9 Å². The maximum absolute atomic E-state index is 13.3. The second-order valence-corrected chi connectivity index (χ2v) is 9.36. The van der Waals surface area contributed by atoms with Crippen molar-refractivity contribution in [2.45, 2.75) is 18.9 Å². The molecule has 11 heteroatoms. The lowest BCUT2D eigenvalue weighted by atomic mass is 9.86. The van der Waals surface area contributed by atoms with Gasteiger partial charge in [0.25, 0.3) is 0 Å². The Morgan fingerprint density at radius 1 is 0.905 bits per heavy atom. The largest absolute Gasteiger partial charge is 0.507 e. The van der Waals surface area contributed by atoms with Gasteiger partial charge in [-0.2, -0.15) is 0 Å². The van der Waals surface area contributed by atoms with Gasteiger partial charge in [0.2, 0.25) is 11.2 Å². The predicted molar refractivity (Wildman–Crippen MR) is 150 cm³/mol. The molecule has 1 atom stereocenters. The fourth-order valence-corrected chi connectivity index (χ4v) is 4.61. The lowest BCUT2D eigenvalue weighted by Gasteiger charge is -2.21. The number of ether oxygens (including phenoxy) is 2. The molecule has 5 N–H and O–H groups in total. The number of pyridine rings is 1. The molecule has 0 unspecified atom stereocenters. The number of phenols is 4. The third-order valence-corrected chi connectivity index (χ3v) is 6.72. The molecule has 0 spiro atoms. The van der Waals surface area contributed by atoms with Crippen LogP contribution in [0.4, 0.5) is 0 Å². The van der Waals surface area contributed by atoms with Crippen molar-refractivity contribution in [3.63, 3.8) is 0 Å². The molecule has 5 rings (SSSR count). The third-order valence-electron chi connectivity index (χ3n) is 6.72. The summed E-state index contributed by atoms with van der Waals surface area (Å²) in [5.74, 6) is -4.48. The van der Waals surface area contributed by atoms with Gasteiger partial charge in [-0.15, -0.1) is 0 Å². The number of aromatic hydroxyl groups is 5. The summed E-state index contributed by atoms with van der Waals surface area (Å²) in [7, 11) is 1.20. The molecular weight excluding hydrogens is 546 g/mol. The average Bonchev–Trinajstić information content (AvgIpc) is 2.99. The first-order chi connectivity index (χ1) is 20.2. The lowest BCUT2D eigenvalue weighted by Crippen LogP contribution is -2.12. The van der Waals surface area contributed by atoms with Crippen molar-refractivity contribution in [1.82, 2.24) is 4.98 Å². The molecule has 5 aromatic rings. The second kappa shape index (κ2) is 11.4. The van der Waals surface area contributed by atoms with Crippen molar-refractivity contribution in [3.8, 4) is 45.8 Å². The molecule has 0 saturated heterocycles. The summed E-state index contributed by atoms with van der Waals surface area (Å²) in [6, 6.07) is 16.5. The van der Waals surface area contributed by atoms with E-state index in [2.05, 4.69) is 4.98 Å². The van der Waals surface area contributed by atoms with Gasteiger partial charge in [-0.3, -0.25) is 14.6 Å². The van der Waals surface area contributed by atoms with E-state index < -0.39 is 57.2 Å². The van der Waals surface area contributed by atoms with E-state index in [0.29, 0.717) is 11.3 Å². The highest BCUT2D eigenvalue weighted by molar-refractivity contribution is 5.92. The van der Waals surface area contributed by atoms with Gasteiger partial charge in [-0.05, 0) is 48.0 Å². The van der Waals surface area contributed by atoms with Crippen LogP contribution in [0, 0.1) is 0 Å². The molecule has 0 amide bonds. The van der Waals surface area contributed by atoms with E-state index in [9.17, 15) is 35.1 Å². The number of benzene rings is 3. The van der Waals surface area contributed by atoms with Gasteiger partial charge in [0.15, 0.2) is 17.3 Å². The molecule has 214 valence electrons. The fourth-order valence-electron chi connectivity index (χ4n) is 4.61. The van der Waals surface area contributed by atoms with E-state index in [1.165, 1.54) is 13.2 Å². The summed E-state index contributed by atoms with van der Waals surface area (Å²) in [4.78, 5) is 30.0. The Morgan fingerprint density at radius 2 is 1.67 bits per heavy atom. The van der Waals surface area contributed by atoms with Crippen LogP contribution in [0.1, 0.15) is 29.2 Å². The number of carbonyl (C=O) groups is 1. The third kappa shape index (κ3) is 5.35. The number of esters is 1. The molecule has 0 aliphatic rings. The average molecular weight is 572 g/mol. The van der Waals surface area contributed by atoms with E-state index in [1.54, 1.807) is 36.5 Å². The van der Waals surface area contributed by atoms with Gasteiger partial charge >= 0.3 is 5.97 Å². The second-order valence-electron chi connectivity index (χ2n) is 9.36. The van der Waals surface area contributed by atoms with Crippen LogP contribution in [0.15, 0.2) is 82.1 Å². The van der Waals surface area contributed by atoms with Crippen molar-refractivity contribution < 1.29 is 44.2 Å². The summed E-state index contributed by atoms with van der Waals surface area (Å²) < 4.78 is 16.6. The van der Waals surface area contributed by atoms with Crippen molar-refractivity contribution in [2.24, 2.45) is 0 Å². The summed E-state index contributed by atoms with van der Waals surface area (Å²) in [5.41, 5.74) is -0.102. The molecule has 0 saturated carbocycles. The number of hydrogen-bond acceptors (Lipinski definition) is 11. The van der Waals surface area contributed by atoms with Crippen LogP contribution >= 0.6 is 0 Å². The molecule has 2 aromatic heterocycles. The zero-order valence-electron chi connectivity index (χ0n) is 22.1. The molecule has 0 fully saturated rings. The first kappa shape index (κ1) is 27.8. The maximum Gasteiger partial charge on any atom is 0.306 e. The van der Waals surface area contributed by atoms with E-state index in [-0.39, 0.29) is 29.7 Å². The minimum Gasteiger partial charge on any atom is -0.507 e. The Bertz CT molecular complexity index is 1830. The number of hydrogen-bond donors (Lipinski definition) is 5. The topological polar surface area (TPSA) is 180 Å². The van der Waals surface area contributed by atoms with Crippen LogP contribution in [-0.2, 0) is 16.1 Å². The normalized spacial score (nSPS) is 11.7. The van der Waals surface area contributed by atoms with Crippen LogP contribution in [0.2, 0.25) is 0 Å². The first-order valence-electron chi connectivity index (χ1n) is 12.6. The number of rotatable bonds is 8. The molecule has 0 aliphatic heterocycles. The number of nitrogens with zero attached hydrogens (tertiary/aromatic N) is 1. The van der Waals surface area contributed by atoms with Gasteiger partial charge in [0, 0.05) is 29.3 Å². The minimum atomic E-state index is -1.02. The van der Waals surface area contributed by atoms with E-state index >= 15 is 0 Å². The highest BCUT2D eigenvalue weighted by atomic mass is 16.5. The SMILES string of the molecule is COC(=O)C[C@@H](c1ccc(OCc2ccccn2)cc1)c1c(O)cc(O)c2c(=O)c(O)c(-c3ccc(O)c(O)c3)oc12. The summed E-state index contributed by atoms with van der Waals surface area (Å²) >= 11 is 0. The number of aromatic nitrogens is 1. The zero-order valence-corrected chi connectivity index (χ0v) is 22.1. The van der Waals surface area contributed by atoms with Gasteiger partial charge in [-0.25, -0.2) is 0 Å². The van der Waals surface area contributed by atoms with Gasteiger partial charge in [0.05, 0.1) is 19.2 Å². The quantitative estimate of drug-likeness (QED) is 0.129.